The van der Waals surface area contributed by atoms with Gasteiger partial charge in [-0.1, -0.05) is 91.0 Å². The molecule has 3 heteroatoms. The smallest absolute Gasteiger partial charge is 0.399 e. The summed E-state index contributed by atoms with van der Waals surface area (Å²) in [5.74, 6) is 0. The first-order valence-electron chi connectivity index (χ1n) is 11.5. The fourth-order valence-electron chi connectivity index (χ4n) is 4.31. The summed E-state index contributed by atoms with van der Waals surface area (Å²) < 4.78 is 12.7. The van der Waals surface area contributed by atoms with Gasteiger partial charge in [-0.05, 0) is 78.7 Å². The van der Waals surface area contributed by atoms with E-state index in [9.17, 15) is 0 Å². The van der Waals surface area contributed by atoms with Crippen LogP contribution in [0.5, 0.6) is 0 Å². The Kier molecular flexibility index (Phi) is 5.48. The van der Waals surface area contributed by atoms with Gasteiger partial charge in [-0.3, -0.25) is 0 Å². The summed E-state index contributed by atoms with van der Waals surface area (Å²) in [7, 11) is -0.392. The molecule has 1 heterocycles. The summed E-state index contributed by atoms with van der Waals surface area (Å²) >= 11 is 0. The van der Waals surface area contributed by atoms with E-state index in [-0.39, 0.29) is 11.2 Å². The van der Waals surface area contributed by atoms with Crippen molar-refractivity contribution < 1.29 is 9.31 Å². The Morgan fingerprint density at radius 1 is 0.485 bits per heavy atom. The van der Waals surface area contributed by atoms with Crippen LogP contribution in [-0.2, 0) is 9.31 Å². The number of benzene rings is 4. The van der Waals surface area contributed by atoms with Crippen molar-refractivity contribution in [3.05, 3.63) is 103 Å². The van der Waals surface area contributed by atoms with E-state index in [0.29, 0.717) is 0 Å². The lowest BCUT2D eigenvalue weighted by atomic mass is 9.74. The molecule has 0 radical (unpaired) electrons. The molecule has 5 rings (SSSR count). The minimum absolute atomic E-state index is 0.371. The van der Waals surface area contributed by atoms with E-state index >= 15 is 0 Å². The molecule has 2 nitrogen and oxygen atoms in total. The molecule has 1 saturated heterocycles. The number of hydrogen-bond acceptors (Lipinski definition) is 2. The molecular formula is C30H29BO2. The van der Waals surface area contributed by atoms with Crippen molar-refractivity contribution in [1.29, 1.82) is 0 Å². The van der Waals surface area contributed by atoms with Crippen LogP contribution in [0.1, 0.15) is 27.7 Å². The van der Waals surface area contributed by atoms with Crippen LogP contribution in [0.3, 0.4) is 0 Å². The normalized spacial score (nSPS) is 16.7. The van der Waals surface area contributed by atoms with Crippen molar-refractivity contribution in [2.75, 3.05) is 0 Å². The standard InChI is InChI=1S/C30H29BO2/c1-29(2)30(3,4)33-31(32-29)28-19-9-8-18-27(28)26-17-11-16-25(21-26)24-15-10-14-23(20-24)22-12-6-5-7-13-22/h5-21H,1-4H3. The largest absolute Gasteiger partial charge is 0.495 e. The highest BCUT2D eigenvalue weighted by atomic mass is 16.7. The lowest BCUT2D eigenvalue weighted by Crippen LogP contribution is -2.41. The van der Waals surface area contributed by atoms with Gasteiger partial charge in [-0.25, -0.2) is 0 Å². The summed E-state index contributed by atoms with van der Waals surface area (Å²) in [5, 5.41) is 0. The Morgan fingerprint density at radius 2 is 0.939 bits per heavy atom. The summed E-state index contributed by atoms with van der Waals surface area (Å²) in [4.78, 5) is 0. The predicted octanol–water partition coefficient (Wildman–Crippen LogP) is 6.99. The lowest BCUT2D eigenvalue weighted by Gasteiger charge is -2.32. The fourth-order valence-corrected chi connectivity index (χ4v) is 4.31. The monoisotopic (exact) mass is 432 g/mol. The highest BCUT2D eigenvalue weighted by Gasteiger charge is 2.52. The SMILES string of the molecule is CC1(C)OB(c2ccccc2-c2cccc(-c3cccc(-c4ccccc4)c3)c2)OC1(C)C. The molecule has 1 aliphatic heterocycles. The van der Waals surface area contributed by atoms with Crippen LogP contribution in [0.25, 0.3) is 33.4 Å². The maximum atomic E-state index is 6.37. The summed E-state index contributed by atoms with van der Waals surface area (Å²) in [6.07, 6.45) is 0. The van der Waals surface area contributed by atoms with Gasteiger partial charge in [0.25, 0.3) is 0 Å². The molecule has 4 aromatic carbocycles. The van der Waals surface area contributed by atoms with Gasteiger partial charge >= 0.3 is 7.12 Å². The molecule has 4 aromatic rings. The van der Waals surface area contributed by atoms with Crippen LogP contribution in [0, 0.1) is 0 Å². The van der Waals surface area contributed by atoms with Gasteiger partial charge < -0.3 is 9.31 Å². The third-order valence-corrected chi connectivity index (χ3v) is 6.94. The first-order chi connectivity index (χ1) is 15.8. The van der Waals surface area contributed by atoms with Crippen molar-refractivity contribution in [3.8, 4) is 33.4 Å². The van der Waals surface area contributed by atoms with E-state index in [1.54, 1.807) is 0 Å². The van der Waals surface area contributed by atoms with Crippen molar-refractivity contribution in [2.45, 2.75) is 38.9 Å². The third kappa shape index (κ3) is 4.15. The summed E-state index contributed by atoms with van der Waals surface area (Å²) in [6, 6.07) is 36.3. The zero-order valence-electron chi connectivity index (χ0n) is 19.7. The van der Waals surface area contributed by atoms with E-state index in [1.165, 1.54) is 22.3 Å². The Balaban J connectivity index is 1.52. The van der Waals surface area contributed by atoms with Crippen LogP contribution in [-0.4, -0.2) is 18.3 Å². The Labute approximate surface area is 197 Å². The molecule has 33 heavy (non-hydrogen) atoms. The summed E-state index contributed by atoms with van der Waals surface area (Å²) in [5.41, 5.74) is 7.44. The van der Waals surface area contributed by atoms with Gasteiger partial charge in [0, 0.05) is 0 Å². The maximum absolute atomic E-state index is 6.37. The molecule has 0 spiro atoms. The van der Waals surface area contributed by atoms with Gasteiger partial charge in [0.2, 0.25) is 0 Å². The molecule has 0 aromatic heterocycles. The Bertz CT molecular complexity index is 1260. The highest BCUT2D eigenvalue weighted by molar-refractivity contribution is 6.63. The van der Waals surface area contributed by atoms with E-state index in [0.717, 1.165) is 16.6 Å². The molecule has 0 aliphatic carbocycles. The molecule has 0 atom stereocenters. The first kappa shape index (κ1) is 21.7. The Morgan fingerprint density at radius 3 is 1.58 bits per heavy atom. The first-order valence-corrected chi connectivity index (χ1v) is 11.5. The van der Waals surface area contributed by atoms with Crippen LogP contribution >= 0.6 is 0 Å². The molecule has 0 unspecified atom stereocenters. The predicted molar refractivity (Wildman–Crippen MR) is 138 cm³/mol. The zero-order chi connectivity index (χ0) is 23.1. The van der Waals surface area contributed by atoms with Crippen molar-refractivity contribution in [1.82, 2.24) is 0 Å². The molecule has 0 bridgehead atoms. The maximum Gasteiger partial charge on any atom is 0.495 e. The average Bonchev–Trinajstić information content (AvgIpc) is 3.06. The van der Waals surface area contributed by atoms with E-state index in [4.69, 9.17) is 9.31 Å². The molecule has 164 valence electrons. The van der Waals surface area contributed by atoms with E-state index in [2.05, 4.69) is 125 Å². The second-order valence-corrected chi connectivity index (χ2v) is 9.70. The molecule has 0 saturated carbocycles. The van der Waals surface area contributed by atoms with Gasteiger partial charge in [-0.15, -0.1) is 0 Å². The van der Waals surface area contributed by atoms with Crippen LogP contribution in [0.4, 0.5) is 0 Å². The summed E-state index contributed by atoms with van der Waals surface area (Å²) in [6.45, 7) is 8.37. The van der Waals surface area contributed by atoms with Gasteiger partial charge in [0.1, 0.15) is 0 Å². The molecule has 1 aliphatic rings. The number of hydrogen-bond donors (Lipinski definition) is 0. The van der Waals surface area contributed by atoms with Crippen LogP contribution in [0.2, 0.25) is 0 Å². The average molecular weight is 432 g/mol. The molecule has 0 amide bonds. The topological polar surface area (TPSA) is 18.5 Å². The molecule has 0 N–H and O–H groups in total. The van der Waals surface area contributed by atoms with Crippen molar-refractivity contribution in [2.24, 2.45) is 0 Å². The molecule has 1 fully saturated rings. The van der Waals surface area contributed by atoms with Crippen LogP contribution in [0.15, 0.2) is 103 Å². The quantitative estimate of drug-likeness (QED) is 0.324. The lowest BCUT2D eigenvalue weighted by molar-refractivity contribution is 0.00578. The third-order valence-electron chi connectivity index (χ3n) is 6.94. The highest BCUT2D eigenvalue weighted by Crippen LogP contribution is 2.37. The molecular weight excluding hydrogens is 403 g/mol. The van der Waals surface area contributed by atoms with E-state index < -0.39 is 7.12 Å². The van der Waals surface area contributed by atoms with Gasteiger partial charge in [0.05, 0.1) is 11.2 Å². The van der Waals surface area contributed by atoms with Gasteiger partial charge in [-0.2, -0.15) is 0 Å². The second-order valence-electron chi connectivity index (χ2n) is 9.70. The van der Waals surface area contributed by atoms with Gasteiger partial charge in [0.15, 0.2) is 0 Å². The van der Waals surface area contributed by atoms with E-state index in [1.807, 2.05) is 6.07 Å². The minimum Gasteiger partial charge on any atom is -0.399 e. The Hall–Kier alpha value is -3.14. The second kappa shape index (κ2) is 8.33. The number of rotatable bonds is 4. The van der Waals surface area contributed by atoms with Crippen molar-refractivity contribution >= 4 is 12.6 Å². The minimum atomic E-state index is -0.392. The van der Waals surface area contributed by atoms with Crippen LogP contribution < -0.4 is 5.46 Å². The zero-order valence-corrected chi connectivity index (χ0v) is 19.7. The fraction of sp³-hybridized carbons (Fsp3) is 0.200. The van der Waals surface area contributed by atoms with Crippen molar-refractivity contribution in [3.63, 3.8) is 0 Å².